The fourth-order valence-electron chi connectivity index (χ4n) is 2.99. The van der Waals surface area contributed by atoms with Gasteiger partial charge >= 0.3 is 0 Å². The highest BCUT2D eigenvalue weighted by Crippen LogP contribution is 2.29. The van der Waals surface area contributed by atoms with Gasteiger partial charge in [0, 0.05) is 31.0 Å². The Morgan fingerprint density at radius 1 is 1.26 bits per heavy atom. The van der Waals surface area contributed by atoms with E-state index in [-0.39, 0.29) is 11.7 Å². The highest BCUT2D eigenvalue weighted by atomic mass is 32.1. The van der Waals surface area contributed by atoms with Gasteiger partial charge in [-0.05, 0) is 65.9 Å². The predicted octanol–water partition coefficient (Wildman–Crippen LogP) is 4.45. The van der Waals surface area contributed by atoms with Gasteiger partial charge in [0.2, 0.25) is 17.6 Å². The second-order valence-corrected chi connectivity index (χ2v) is 7.54. The van der Waals surface area contributed by atoms with Gasteiger partial charge in [0.25, 0.3) is 0 Å². The number of aryl methyl sites for hydroxylation is 1. The fraction of sp³-hybridized carbons (Fsp3) is 0.350. The smallest absolute Gasteiger partial charge is 0.226 e. The van der Waals surface area contributed by atoms with Crippen LogP contribution in [0.15, 0.2) is 45.6 Å². The molecule has 2 aromatic heterocycles. The summed E-state index contributed by atoms with van der Waals surface area (Å²) >= 11 is 1.66. The van der Waals surface area contributed by atoms with Gasteiger partial charge in [-0.2, -0.15) is 16.3 Å². The van der Waals surface area contributed by atoms with Crippen LogP contribution in [0.5, 0.6) is 0 Å². The van der Waals surface area contributed by atoms with E-state index in [0.717, 1.165) is 12.8 Å². The van der Waals surface area contributed by atoms with E-state index in [4.69, 9.17) is 4.52 Å². The lowest BCUT2D eigenvalue weighted by Gasteiger charge is -2.22. The quantitative estimate of drug-likeness (QED) is 0.575. The lowest BCUT2D eigenvalue weighted by molar-refractivity contribution is -0.132. The van der Waals surface area contributed by atoms with Gasteiger partial charge in [-0.15, -0.1) is 0 Å². The summed E-state index contributed by atoms with van der Waals surface area (Å²) < 4.78 is 18.3. The van der Waals surface area contributed by atoms with Gasteiger partial charge in [-0.25, -0.2) is 4.39 Å². The van der Waals surface area contributed by atoms with Crippen LogP contribution in [0.4, 0.5) is 4.39 Å². The topological polar surface area (TPSA) is 59.2 Å². The Labute approximate surface area is 160 Å². The molecule has 0 spiro atoms. The van der Waals surface area contributed by atoms with Gasteiger partial charge in [0.05, 0.1) is 0 Å². The zero-order valence-electron chi connectivity index (χ0n) is 14.8. The van der Waals surface area contributed by atoms with Crippen molar-refractivity contribution in [1.29, 1.82) is 0 Å². The monoisotopic (exact) mass is 385 g/mol. The minimum atomic E-state index is -0.302. The molecule has 0 atom stereocenters. The number of carbonyl (C=O) groups is 1. The first kappa shape index (κ1) is 17.9. The van der Waals surface area contributed by atoms with Crippen molar-refractivity contribution in [2.75, 3.05) is 0 Å². The van der Waals surface area contributed by atoms with Crippen LogP contribution >= 0.6 is 11.3 Å². The van der Waals surface area contributed by atoms with Gasteiger partial charge < -0.3 is 9.42 Å². The number of thiophene rings is 1. The number of hydrogen-bond donors (Lipinski definition) is 0. The summed E-state index contributed by atoms with van der Waals surface area (Å²) in [6.45, 7) is 0.697. The molecule has 7 heteroatoms. The van der Waals surface area contributed by atoms with Crippen molar-refractivity contribution < 1.29 is 13.7 Å². The molecule has 1 aromatic carbocycles. The van der Waals surface area contributed by atoms with E-state index in [2.05, 4.69) is 21.6 Å². The minimum Gasteiger partial charge on any atom is -0.339 e. The molecule has 0 radical (unpaired) electrons. The highest BCUT2D eigenvalue weighted by molar-refractivity contribution is 7.07. The molecular formula is C20H20FN3O2S. The summed E-state index contributed by atoms with van der Waals surface area (Å²) in [4.78, 5) is 19.0. The van der Waals surface area contributed by atoms with Crippen molar-refractivity contribution in [3.63, 3.8) is 0 Å². The first-order chi connectivity index (χ1) is 13.2. The Balaban J connectivity index is 1.30. The molecule has 0 N–H and O–H groups in total. The third-order valence-corrected chi connectivity index (χ3v) is 5.32. The van der Waals surface area contributed by atoms with Crippen molar-refractivity contribution in [2.24, 2.45) is 0 Å². The van der Waals surface area contributed by atoms with Crippen LogP contribution in [0.3, 0.4) is 0 Å². The van der Waals surface area contributed by atoms with Gasteiger partial charge in [0.1, 0.15) is 5.82 Å². The van der Waals surface area contributed by atoms with Crippen molar-refractivity contribution in [3.8, 4) is 11.4 Å². The van der Waals surface area contributed by atoms with E-state index >= 15 is 0 Å². The normalized spacial score (nSPS) is 13.7. The maximum atomic E-state index is 13.0. The molecule has 1 saturated carbocycles. The molecule has 0 unspecified atom stereocenters. The zero-order valence-corrected chi connectivity index (χ0v) is 15.6. The molecule has 140 valence electrons. The van der Waals surface area contributed by atoms with Crippen LogP contribution < -0.4 is 0 Å². The van der Waals surface area contributed by atoms with E-state index in [9.17, 15) is 9.18 Å². The molecular weight excluding hydrogens is 365 g/mol. The van der Waals surface area contributed by atoms with Crippen molar-refractivity contribution in [1.82, 2.24) is 15.0 Å². The number of hydrogen-bond acceptors (Lipinski definition) is 5. The van der Waals surface area contributed by atoms with Crippen LogP contribution in [0, 0.1) is 5.82 Å². The maximum Gasteiger partial charge on any atom is 0.226 e. The summed E-state index contributed by atoms with van der Waals surface area (Å²) in [6.07, 6.45) is 3.88. The second-order valence-electron chi connectivity index (χ2n) is 6.76. The van der Waals surface area contributed by atoms with Crippen LogP contribution in [0.25, 0.3) is 11.4 Å². The Morgan fingerprint density at radius 2 is 2.07 bits per heavy atom. The van der Waals surface area contributed by atoms with Crippen molar-refractivity contribution in [3.05, 3.63) is 58.4 Å². The van der Waals surface area contributed by atoms with Crippen LogP contribution in [0.1, 0.15) is 37.1 Å². The highest BCUT2D eigenvalue weighted by Gasteiger charge is 2.32. The molecule has 27 heavy (non-hydrogen) atoms. The molecule has 1 aliphatic carbocycles. The molecule has 1 amide bonds. The summed E-state index contributed by atoms with van der Waals surface area (Å²) in [5, 5.41) is 8.07. The van der Waals surface area contributed by atoms with Gasteiger partial charge in [-0.3, -0.25) is 4.79 Å². The van der Waals surface area contributed by atoms with E-state index in [1.165, 1.54) is 17.7 Å². The standard InChI is InChI=1S/C20H20FN3O2S/c21-16-6-4-15(5-7-16)20-22-18(26-23-20)2-1-3-19(25)24(17-8-9-17)12-14-10-11-27-13-14/h4-7,10-11,13,17H,1-3,8-9,12H2. The number of aromatic nitrogens is 2. The molecule has 0 saturated heterocycles. The van der Waals surface area contributed by atoms with Crippen molar-refractivity contribution in [2.45, 2.75) is 44.7 Å². The summed E-state index contributed by atoms with van der Waals surface area (Å²) in [5.41, 5.74) is 1.90. The molecule has 2 heterocycles. The molecule has 5 nitrogen and oxygen atoms in total. The Hall–Kier alpha value is -2.54. The van der Waals surface area contributed by atoms with Gasteiger partial charge in [0.15, 0.2) is 0 Å². The number of carbonyl (C=O) groups excluding carboxylic acids is 1. The SMILES string of the molecule is O=C(CCCc1nc(-c2ccc(F)cc2)no1)N(Cc1ccsc1)C1CC1. The van der Waals surface area contributed by atoms with Crippen molar-refractivity contribution >= 4 is 17.2 Å². The van der Waals surface area contributed by atoms with Crippen LogP contribution in [-0.4, -0.2) is 27.0 Å². The lowest BCUT2D eigenvalue weighted by Crippen LogP contribution is -2.32. The third kappa shape index (κ3) is 4.60. The largest absolute Gasteiger partial charge is 0.339 e. The molecule has 0 bridgehead atoms. The van der Waals surface area contributed by atoms with E-state index in [1.807, 2.05) is 10.3 Å². The summed E-state index contributed by atoms with van der Waals surface area (Å²) in [5.74, 6) is 0.817. The Bertz CT molecular complexity index is 888. The first-order valence-electron chi connectivity index (χ1n) is 9.08. The zero-order chi connectivity index (χ0) is 18.6. The van der Waals surface area contributed by atoms with E-state index < -0.39 is 0 Å². The maximum absolute atomic E-state index is 13.0. The Kier molecular flexibility index (Phi) is 5.29. The number of rotatable bonds is 8. The fourth-order valence-corrected chi connectivity index (χ4v) is 3.65. The van der Waals surface area contributed by atoms with E-state index in [0.29, 0.717) is 49.1 Å². The molecule has 1 aliphatic rings. The molecule has 3 aromatic rings. The summed E-state index contributed by atoms with van der Waals surface area (Å²) in [7, 11) is 0. The third-order valence-electron chi connectivity index (χ3n) is 4.59. The van der Waals surface area contributed by atoms with Crippen LogP contribution in [-0.2, 0) is 17.8 Å². The lowest BCUT2D eigenvalue weighted by atomic mass is 10.2. The average Bonchev–Trinajstić information content (AvgIpc) is 3.17. The first-order valence-corrected chi connectivity index (χ1v) is 10.0. The number of benzene rings is 1. The predicted molar refractivity (Wildman–Crippen MR) is 101 cm³/mol. The summed E-state index contributed by atoms with van der Waals surface area (Å²) in [6, 6.07) is 8.43. The second kappa shape index (κ2) is 8.00. The number of nitrogens with zero attached hydrogens (tertiary/aromatic N) is 3. The van der Waals surface area contributed by atoms with Gasteiger partial charge in [-0.1, -0.05) is 5.16 Å². The van der Waals surface area contributed by atoms with E-state index in [1.54, 1.807) is 23.5 Å². The average molecular weight is 385 g/mol. The van der Waals surface area contributed by atoms with Crippen LogP contribution in [0.2, 0.25) is 0 Å². The Morgan fingerprint density at radius 3 is 2.78 bits per heavy atom. The number of halogens is 1. The molecule has 0 aliphatic heterocycles. The molecule has 4 rings (SSSR count). The minimum absolute atomic E-state index is 0.182. The number of amides is 1. The molecule has 1 fully saturated rings.